The molecule has 0 aromatic rings. The van der Waals surface area contributed by atoms with Gasteiger partial charge in [0.1, 0.15) is 0 Å². The van der Waals surface area contributed by atoms with E-state index in [9.17, 15) is 9.59 Å². The molecule has 3 fully saturated rings. The summed E-state index contributed by atoms with van der Waals surface area (Å²) in [6, 6.07) is 0. The van der Waals surface area contributed by atoms with Gasteiger partial charge in [0, 0.05) is 38.0 Å². The third kappa shape index (κ3) is 6.47. The number of nitrogens with zero attached hydrogens (tertiary/aromatic N) is 2. The lowest BCUT2D eigenvalue weighted by molar-refractivity contribution is -0.142. The summed E-state index contributed by atoms with van der Waals surface area (Å²) in [5, 5.41) is 0. The minimum absolute atomic E-state index is 0.144. The highest BCUT2D eigenvalue weighted by molar-refractivity contribution is 5.81. The molecule has 3 aliphatic rings. The van der Waals surface area contributed by atoms with Crippen LogP contribution >= 0.6 is 0 Å². The van der Waals surface area contributed by atoms with Crippen molar-refractivity contribution in [3.05, 3.63) is 0 Å². The average molecular weight is 419 g/mol. The van der Waals surface area contributed by atoms with Gasteiger partial charge in [0.15, 0.2) is 0 Å². The third-order valence-corrected chi connectivity index (χ3v) is 8.22. The normalized spacial score (nSPS) is 26.3. The molecule has 3 rings (SSSR count). The van der Waals surface area contributed by atoms with E-state index in [2.05, 4.69) is 23.6 Å². The van der Waals surface area contributed by atoms with Gasteiger partial charge in [-0.25, -0.2) is 0 Å². The molecule has 2 amide bonds. The number of hydrogen-bond acceptors (Lipinski definition) is 2. The Balaban J connectivity index is 1.46. The van der Waals surface area contributed by atoms with E-state index in [1.165, 1.54) is 64.2 Å². The Morgan fingerprint density at radius 3 is 1.20 bits per heavy atom. The summed E-state index contributed by atoms with van der Waals surface area (Å²) in [4.78, 5) is 30.6. The standard InChI is InChI=1S/C26H46N2O2/c1-3-27(19-21-11-7-5-8-12-21)25(29)23-15-17-24(18-16-23)26(30)28(4-2)20-22-13-9-6-10-14-22/h21-24H,3-20H2,1-2H3. The zero-order chi connectivity index (χ0) is 21.3. The lowest BCUT2D eigenvalue weighted by atomic mass is 9.80. The Kier molecular flexibility index (Phi) is 9.52. The van der Waals surface area contributed by atoms with Crippen LogP contribution < -0.4 is 0 Å². The molecule has 0 N–H and O–H groups in total. The van der Waals surface area contributed by atoms with Gasteiger partial charge in [-0.2, -0.15) is 0 Å². The van der Waals surface area contributed by atoms with E-state index in [4.69, 9.17) is 0 Å². The minimum atomic E-state index is 0.144. The van der Waals surface area contributed by atoms with E-state index in [1.807, 2.05) is 0 Å². The van der Waals surface area contributed by atoms with Crippen molar-refractivity contribution in [1.82, 2.24) is 9.80 Å². The lowest BCUT2D eigenvalue weighted by Gasteiger charge is -2.36. The Morgan fingerprint density at radius 2 is 0.900 bits per heavy atom. The highest BCUT2D eigenvalue weighted by atomic mass is 16.2. The molecule has 0 bridgehead atoms. The van der Waals surface area contributed by atoms with Crippen LogP contribution in [0.5, 0.6) is 0 Å². The molecule has 0 spiro atoms. The van der Waals surface area contributed by atoms with Crippen molar-refractivity contribution in [1.29, 1.82) is 0 Å². The molecule has 0 heterocycles. The monoisotopic (exact) mass is 418 g/mol. The van der Waals surface area contributed by atoms with Gasteiger partial charge < -0.3 is 9.80 Å². The predicted octanol–water partition coefficient (Wildman–Crippen LogP) is 5.65. The number of carbonyl (C=O) groups excluding carboxylic acids is 2. The molecule has 3 saturated carbocycles. The Morgan fingerprint density at radius 1 is 0.567 bits per heavy atom. The molecule has 3 aliphatic carbocycles. The van der Waals surface area contributed by atoms with Gasteiger partial charge in [-0.1, -0.05) is 38.5 Å². The van der Waals surface area contributed by atoms with E-state index in [-0.39, 0.29) is 11.8 Å². The van der Waals surface area contributed by atoms with Gasteiger partial charge in [0.2, 0.25) is 11.8 Å². The van der Waals surface area contributed by atoms with E-state index in [0.29, 0.717) is 23.7 Å². The first-order chi connectivity index (χ1) is 14.6. The summed E-state index contributed by atoms with van der Waals surface area (Å²) in [6.45, 7) is 7.83. The largest absolute Gasteiger partial charge is 0.342 e. The van der Waals surface area contributed by atoms with E-state index in [1.54, 1.807) is 0 Å². The van der Waals surface area contributed by atoms with Crippen LogP contribution in [0.4, 0.5) is 0 Å². The summed E-state index contributed by atoms with van der Waals surface area (Å²) in [6.07, 6.45) is 16.8. The van der Waals surface area contributed by atoms with Crippen molar-refractivity contribution < 1.29 is 9.59 Å². The van der Waals surface area contributed by atoms with Crippen molar-refractivity contribution in [3.8, 4) is 0 Å². The number of carbonyl (C=O) groups is 2. The number of rotatable bonds is 8. The zero-order valence-corrected chi connectivity index (χ0v) is 19.7. The van der Waals surface area contributed by atoms with Gasteiger partial charge in [-0.05, 0) is 77.0 Å². The minimum Gasteiger partial charge on any atom is -0.342 e. The molecule has 172 valence electrons. The molecule has 30 heavy (non-hydrogen) atoms. The van der Waals surface area contributed by atoms with E-state index < -0.39 is 0 Å². The molecular weight excluding hydrogens is 372 g/mol. The second kappa shape index (κ2) is 12.1. The summed E-state index contributed by atoms with van der Waals surface area (Å²) in [7, 11) is 0. The predicted molar refractivity (Wildman–Crippen MR) is 123 cm³/mol. The van der Waals surface area contributed by atoms with Gasteiger partial charge in [-0.15, -0.1) is 0 Å². The first-order valence-corrected chi connectivity index (χ1v) is 13.2. The molecule has 4 nitrogen and oxygen atoms in total. The molecule has 0 unspecified atom stereocenters. The van der Waals surface area contributed by atoms with Gasteiger partial charge in [-0.3, -0.25) is 9.59 Å². The van der Waals surface area contributed by atoms with Crippen LogP contribution in [0.3, 0.4) is 0 Å². The van der Waals surface area contributed by atoms with E-state index >= 15 is 0 Å². The van der Waals surface area contributed by atoms with Crippen LogP contribution in [0.2, 0.25) is 0 Å². The lowest BCUT2D eigenvalue weighted by Crippen LogP contribution is -2.43. The first kappa shape index (κ1) is 23.6. The van der Waals surface area contributed by atoms with Crippen LogP contribution in [-0.2, 0) is 9.59 Å². The molecule has 4 heteroatoms. The summed E-state index contributed by atoms with van der Waals surface area (Å²) >= 11 is 0. The van der Waals surface area contributed by atoms with Crippen LogP contribution in [0.15, 0.2) is 0 Å². The molecule has 0 aromatic carbocycles. The van der Waals surface area contributed by atoms with Crippen molar-refractivity contribution >= 4 is 11.8 Å². The highest BCUT2D eigenvalue weighted by Crippen LogP contribution is 2.33. The van der Waals surface area contributed by atoms with Crippen molar-refractivity contribution in [2.75, 3.05) is 26.2 Å². The second-order valence-electron chi connectivity index (χ2n) is 10.3. The number of hydrogen-bond donors (Lipinski definition) is 0. The Labute approximate surface area is 185 Å². The number of amides is 2. The van der Waals surface area contributed by atoms with Crippen LogP contribution in [0.1, 0.15) is 104 Å². The molecule has 0 saturated heterocycles. The summed E-state index contributed by atoms with van der Waals surface area (Å²) in [5.74, 6) is 2.43. The van der Waals surface area contributed by atoms with Crippen molar-refractivity contribution in [3.63, 3.8) is 0 Å². The first-order valence-electron chi connectivity index (χ1n) is 13.2. The van der Waals surface area contributed by atoms with Crippen molar-refractivity contribution in [2.24, 2.45) is 23.7 Å². The molecule has 0 atom stereocenters. The fourth-order valence-corrected chi connectivity index (χ4v) is 6.22. The smallest absolute Gasteiger partial charge is 0.225 e. The van der Waals surface area contributed by atoms with Gasteiger partial charge >= 0.3 is 0 Å². The van der Waals surface area contributed by atoms with Crippen molar-refractivity contribution in [2.45, 2.75) is 104 Å². The molecule has 0 aliphatic heterocycles. The topological polar surface area (TPSA) is 40.6 Å². The van der Waals surface area contributed by atoms with Gasteiger partial charge in [0.05, 0.1) is 0 Å². The molecule has 0 radical (unpaired) electrons. The third-order valence-electron chi connectivity index (χ3n) is 8.22. The Hall–Kier alpha value is -1.06. The van der Waals surface area contributed by atoms with Crippen LogP contribution in [0, 0.1) is 23.7 Å². The second-order valence-corrected chi connectivity index (χ2v) is 10.3. The van der Waals surface area contributed by atoms with Crippen LogP contribution in [0.25, 0.3) is 0 Å². The maximum atomic E-state index is 13.2. The maximum absolute atomic E-state index is 13.2. The highest BCUT2D eigenvalue weighted by Gasteiger charge is 2.34. The van der Waals surface area contributed by atoms with E-state index in [0.717, 1.165) is 51.9 Å². The van der Waals surface area contributed by atoms with Crippen LogP contribution in [-0.4, -0.2) is 47.8 Å². The molecule has 0 aromatic heterocycles. The SMILES string of the molecule is CCN(CC1CCCCC1)C(=O)C1CCC(C(=O)N(CC)CC2CCCCC2)CC1. The fraction of sp³-hybridized carbons (Fsp3) is 0.923. The van der Waals surface area contributed by atoms with Gasteiger partial charge in [0.25, 0.3) is 0 Å². The zero-order valence-electron chi connectivity index (χ0n) is 19.7. The maximum Gasteiger partial charge on any atom is 0.225 e. The summed E-state index contributed by atoms with van der Waals surface area (Å²) in [5.41, 5.74) is 0. The quantitative estimate of drug-likeness (QED) is 0.511. The average Bonchev–Trinajstić information content (AvgIpc) is 2.81. The summed E-state index contributed by atoms with van der Waals surface area (Å²) < 4.78 is 0. The molecular formula is C26H46N2O2. The fourth-order valence-electron chi connectivity index (χ4n) is 6.22. The Bertz CT molecular complexity index is 481.